The molecule has 0 spiro atoms. The van der Waals surface area contributed by atoms with Gasteiger partial charge in [-0.25, -0.2) is 4.98 Å². The number of likely N-dealkylation sites (tertiary alicyclic amines) is 1. The Balaban J connectivity index is 1.29. The Labute approximate surface area is 189 Å². The molecule has 0 bridgehead atoms. The molecule has 0 unspecified atom stereocenters. The first kappa shape index (κ1) is 22.1. The van der Waals surface area contributed by atoms with Crippen molar-refractivity contribution in [2.24, 2.45) is 0 Å². The minimum Gasteiger partial charge on any atom is -0.352 e. The molecule has 2 aromatic carbocycles. The number of carbonyl (C=O) groups is 2. The highest BCUT2D eigenvalue weighted by Gasteiger charge is 2.20. The van der Waals surface area contributed by atoms with Crippen molar-refractivity contribution in [1.82, 2.24) is 19.8 Å². The third kappa shape index (κ3) is 5.36. The van der Waals surface area contributed by atoms with Gasteiger partial charge in [-0.15, -0.1) is 0 Å². The van der Waals surface area contributed by atoms with Gasteiger partial charge in [0.15, 0.2) is 0 Å². The SMILES string of the molecule is Cc1cccc(C(=O)NCCCCCc2nc3ccccc3n2CC(=O)N2CCCC2)c1. The molecule has 0 atom stereocenters. The summed E-state index contributed by atoms with van der Waals surface area (Å²) < 4.78 is 2.09. The van der Waals surface area contributed by atoms with E-state index in [0.29, 0.717) is 18.7 Å². The topological polar surface area (TPSA) is 67.2 Å². The molecule has 1 aromatic heterocycles. The van der Waals surface area contributed by atoms with Crippen molar-refractivity contribution in [3.05, 3.63) is 65.5 Å². The maximum atomic E-state index is 12.8. The second-order valence-corrected chi connectivity index (χ2v) is 8.63. The molecular formula is C26H32N4O2. The number of nitrogens with one attached hydrogen (secondary N) is 1. The van der Waals surface area contributed by atoms with Crippen LogP contribution in [-0.2, 0) is 17.8 Å². The van der Waals surface area contributed by atoms with Crippen LogP contribution in [0.15, 0.2) is 48.5 Å². The molecule has 0 radical (unpaired) electrons. The first-order valence-electron chi connectivity index (χ1n) is 11.7. The minimum absolute atomic E-state index is 0.0177. The number of para-hydroxylation sites is 2. The molecular weight excluding hydrogens is 400 g/mol. The highest BCUT2D eigenvalue weighted by molar-refractivity contribution is 5.94. The summed E-state index contributed by atoms with van der Waals surface area (Å²) in [5.74, 6) is 1.14. The second kappa shape index (κ2) is 10.4. The molecule has 0 aliphatic carbocycles. The molecule has 2 amide bonds. The zero-order valence-corrected chi connectivity index (χ0v) is 18.8. The van der Waals surface area contributed by atoms with E-state index in [1.165, 1.54) is 0 Å². The zero-order chi connectivity index (χ0) is 22.3. The molecule has 4 rings (SSSR count). The summed E-state index contributed by atoms with van der Waals surface area (Å²) in [5, 5.41) is 3.01. The Hall–Kier alpha value is -3.15. The van der Waals surface area contributed by atoms with Gasteiger partial charge in [-0.1, -0.05) is 36.2 Å². The molecule has 3 aromatic rings. The maximum Gasteiger partial charge on any atom is 0.251 e. The molecule has 6 nitrogen and oxygen atoms in total. The van der Waals surface area contributed by atoms with E-state index in [0.717, 1.165) is 74.0 Å². The van der Waals surface area contributed by atoms with Gasteiger partial charge >= 0.3 is 0 Å². The summed E-state index contributed by atoms with van der Waals surface area (Å²) >= 11 is 0. The molecule has 1 N–H and O–H groups in total. The lowest BCUT2D eigenvalue weighted by atomic mass is 10.1. The predicted octanol–water partition coefficient (Wildman–Crippen LogP) is 4.11. The van der Waals surface area contributed by atoms with Gasteiger partial charge in [0.1, 0.15) is 12.4 Å². The molecule has 168 valence electrons. The van der Waals surface area contributed by atoms with Gasteiger partial charge < -0.3 is 14.8 Å². The first-order valence-corrected chi connectivity index (χ1v) is 11.7. The maximum absolute atomic E-state index is 12.8. The molecule has 1 aliphatic heterocycles. The molecule has 2 heterocycles. The lowest BCUT2D eigenvalue weighted by Gasteiger charge is -2.17. The summed E-state index contributed by atoms with van der Waals surface area (Å²) in [6.45, 7) is 4.76. The fourth-order valence-electron chi connectivity index (χ4n) is 4.37. The van der Waals surface area contributed by atoms with Crippen LogP contribution in [0.3, 0.4) is 0 Å². The Morgan fingerprint density at radius 3 is 2.62 bits per heavy atom. The van der Waals surface area contributed by atoms with Gasteiger partial charge in [0.25, 0.3) is 5.91 Å². The van der Waals surface area contributed by atoms with Crippen molar-refractivity contribution in [2.45, 2.75) is 52.0 Å². The van der Waals surface area contributed by atoms with Crippen LogP contribution >= 0.6 is 0 Å². The normalized spacial score (nSPS) is 13.6. The summed E-state index contributed by atoms with van der Waals surface area (Å²) in [5.41, 5.74) is 3.77. The summed E-state index contributed by atoms with van der Waals surface area (Å²) in [7, 11) is 0. The molecule has 1 saturated heterocycles. The van der Waals surface area contributed by atoms with Gasteiger partial charge in [0, 0.05) is 31.6 Å². The largest absolute Gasteiger partial charge is 0.352 e. The quantitative estimate of drug-likeness (QED) is 0.518. The van der Waals surface area contributed by atoms with Crippen LogP contribution in [0, 0.1) is 6.92 Å². The van der Waals surface area contributed by atoms with E-state index in [9.17, 15) is 9.59 Å². The Bertz CT molecular complexity index is 1080. The Morgan fingerprint density at radius 2 is 1.81 bits per heavy atom. The van der Waals surface area contributed by atoms with Gasteiger partial charge in [-0.2, -0.15) is 0 Å². The van der Waals surface area contributed by atoms with Crippen molar-refractivity contribution < 1.29 is 9.59 Å². The van der Waals surface area contributed by atoms with Gasteiger partial charge in [0.05, 0.1) is 11.0 Å². The van der Waals surface area contributed by atoms with Crippen LogP contribution < -0.4 is 5.32 Å². The van der Waals surface area contributed by atoms with E-state index in [2.05, 4.69) is 9.88 Å². The second-order valence-electron chi connectivity index (χ2n) is 8.63. The van der Waals surface area contributed by atoms with E-state index in [1.807, 2.05) is 60.4 Å². The third-order valence-electron chi connectivity index (χ3n) is 6.13. The lowest BCUT2D eigenvalue weighted by Crippen LogP contribution is -2.31. The summed E-state index contributed by atoms with van der Waals surface area (Å²) in [4.78, 5) is 31.8. The van der Waals surface area contributed by atoms with Crippen molar-refractivity contribution in [2.75, 3.05) is 19.6 Å². The lowest BCUT2D eigenvalue weighted by molar-refractivity contribution is -0.130. The van der Waals surface area contributed by atoms with E-state index in [1.54, 1.807) is 0 Å². The van der Waals surface area contributed by atoms with Crippen molar-refractivity contribution in [3.63, 3.8) is 0 Å². The van der Waals surface area contributed by atoms with Gasteiger partial charge in [-0.05, 0) is 56.9 Å². The van der Waals surface area contributed by atoms with Gasteiger partial charge in [0.2, 0.25) is 5.91 Å². The van der Waals surface area contributed by atoms with Gasteiger partial charge in [-0.3, -0.25) is 9.59 Å². The highest BCUT2D eigenvalue weighted by atomic mass is 16.2. The van der Waals surface area contributed by atoms with Crippen LogP contribution in [-0.4, -0.2) is 45.9 Å². The number of unbranched alkanes of at least 4 members (excludes halogenated alkanes) is 2. The van der Waals surface area contributed by atoms with Crippen LogP contribution in [0.4, 0.5) is 0 Å². The number of rotatable bonds is 9. The molecule has 1 aliphatic rings. The van der Waals surface area contributed by atoms with Crippen LogP contribution in [0.5, 0.6) is 0 Å². The minimum atomic E-state index is -0.0177. The number of nitrogens with zero attached hydrogens (tertiary/aromatic N) is 3. The third-order valence-corrected chi connectivity index (χ3v) is 6.13. The number of benzene rings is 2. The molecule has 32 heavy (non-hydrogen) atoms. The van der Waals surface area contributed by atoms with Crippen LogP contribution in [0.1, 0.15) is 53.8 Å². The smallest absolute Gasteiger partial charge is 0.251 e. The Kier molecular flexibility index (Phi) is 7.20. The van der Waals surface area contributed by atoms with Crippen LogP contribution in [0.25, 0.3) is 11.0 Å². The van der Waals surface area contributed by atoms with E-state index in [4.69, 9.17) is 4.98 Å². The Morgan fingerprint density at radius 1 is 1.00 bits per heavy atom. The first-order chi connectivity index (χ1) is 15.6. The highest BCUT2D eigenvalue weighted by Crippen LogP contribution is 2.19. The molecule has 6 heteroatoms. The number of carbonyl (C=O) groups excluding carboxylic acids is 2. The van der Waals surface area contributed by atoms with E-state index < -0.39 is 0 Å². The molecule has 1 fully saturated rings. The number of aromatic nitrogens is 2. The molecule has 0 saturated carbocycles. The fourth-order valence-corrected chi connectivity index (χ4v) is 4.37. The average molecular weight is 433 g/mol. The van der Waals surface area contributed by atoms with E-state index in [-0.39, 0.29) is 11.8 Å². The summed E-state index contributed by atoms with van der Waals surface area (Å²) in [6, 6.07) is 15.7. The monoisotopic (exact) mass is 432 g/mol. The standard InChI is InChI=1S/C26H32N4O2/c1-20-10-9-11-21(18-20)26(32)27-15-6-2-3-14-24-28-22-12-4-5-13-23(22)30(24)19-25(31)29-16-7-8-17-29/h4-5,9-13,18H,2-3,6-8,14-17,19H2,1H3,(H,27,32). The van der Waals surface area contributed by atoms with Crippen molar-refractivity contribution in [3.8, 4) is 0 Å². The average Bonchev–Trinajstić information content (AvgIpc) is 3.45. The number of imidazole rings is 1. The number of amides is 2. The number of fused-ring (bicyclic) bond motifs is 1. The van der Waals surface area contributed by atoms with Crippen molar-refractivity contribution >= 4 is 22.8 Å². The number of hydrogen-bond acceptors (Lipinski definition) is 3. The van der Waals surface area contributed by atoms with Crippen LogP contribution in [0.2, 0.25) is 0 Å². The number of aryl methyl sites for hydroxylation is 2. The predicted molar refractivity (Wildman–Crippen MR) is 127 cm³/mol. The zero-order valence-electron chi connectivity index (χ0n) is 18.8. The van der Waals surface area contributed by atoms with E-state index >= 15 is 0 Å². The number of hydrogen-bond donors (Lipinski definition) is 1. The fraction of sp³-hybridized carbons (Fsp3) is 0.423. The summed E-state index contributed by atoms with van der Waals surface area (Å²) in [6.07, 6.45) is 5.92. The van der Waals surface area contributed by atoms with Crippen molar-refractivity contribution in [1.29, 1.82) is 0 Å².